The Hall–Kier alpha value is -2.22. The number of carbonyl (C=O) groups excluding carboxylic acids is 2. The van der Waals surface area contributed by atoms with Gasteiger partial charge in [0.2, 0.25) is 0 Å². The number of rotatable bonds is 2. The van der Waals surface area contributed by atoms with Gasteiger partial charge in [-0.15, -0.1) is 4.99 Å². The van der Waals surface area contributed by atoms with Crippen molar-refractivity contribution in [3.63, 3.8) is 0 Å². The Morgan fingerprint density at radius 2 is 2.09 bits per heavy atom. The number of aliphatic imine (C=N–C) groups is 1. The molecule has 22 heavy (non-hydrogen) atoms. The molecular weight excluding hydrogens is 302 g/mol. The summed E-state index contributed by atoms with van der Waals surface area (Å²) in [5.41, 5.74) is 1.08. The average molecular weight is 318 g/mol. The topological polar surface area (TPSA) is 68.9 Å². The summed E-state index contributed by atoms with van der Waals surface area (Å²) in [6, 6.07) is 2.91. The first-order valence-corrected chi connectivity index (χ1v) is 7.74. The molecule has 0 radical (unpaired) electrons. The van der Waals surface area contributed by atoms with E-state index in [0.29, 0.717) is 11.6 Å². The summed E-state index contributed by atoms with van der Waals surface area (Å²) in [6.07, 6.45) is 3.53. The molecule has 1 unspecified atom stereocenters. The first kappa shape index (κ1) is 14.7. The minimum absolute atomic E-state index is 0.290. The van der Waals surface area contributed by atoms with Crippen molar-refractivity contribution in [1.82, 2.24) is 14.8 Å². The molecule has 1 saturated heterocycles. The summed E-state index contributed by atoms with van der Waals surface area (Å²) in [4.78, 5) is 35.4. The molecule has 0 bridgehead atoms. The maximum Gasteiger partial charge on any atom is 0.388 e. The zero-order chi connectivity index (χ0) is 15.9. The summed E-state index contributed by atoms with van der Waals surface area (Å²) in [7, 11) is 4.97. The monoisotopic (exact) mass is 318 g/mol. The Kier molecular flexibility index (Phi) is 3.69. The van der Waals surface area contributed by atoms with E-state index in [4.69, 9.17) is 0 Å². The third kappa shape index (κ3) is 2.29. The number of hydrogen-bond acceptors (Lipinski definition) is 5. The molecule has 3 rings (SSSR count). The zero-order valence-corrected chi connectivity index (χ0v) is 13.4. The van der Waals surface area contributed by atoms with E-state index in [2.05, 4.69) is 9.98 Å². The second-order valence-corrected chi connectivity index (χ2v) is 6.06. The largest absolute Gasteiger partial charge is 0.388 e. The van der Waals surface area contributed by atoms with Gasteiger partial charge in [0.05, 0.1) is 14.1 Å². The Bertz CT molecular complexity index is 700. The van der Waals surface area contributed by atoms with Crippen LogP contribution >= 0.6 is 11.8 Å². The lowest BCUT2D eigenvalue weighted by Crippen LogP contribution is -2.59. The van der Waals surface area contributed by atoms with Crippen molar-refractivity contribution in [2.45, 2.75) is 11.8 Å². The number of imide groups is 1. The first-order valence-electron chi connectivity index (χ1n) is 6.76. The molecule has 1 aromatic rings. The molecule has 3 heterocycles. The number of carbonyl (C=O) groups is 2. The van der Waals surface area contributed by atoms with Crippen LogP contribution in [0.15, 0.2) is 29.5 Å². The number of nitrogens with zero attached hydrogens (tertiary/aromatic N) is 5. The molecule has 0 spiro atoms. The summed E-state index contributed by atoms with van der Waals surface area (Å²) in [6.45, 7) is 0. The van der Waals surface area contributed by atoms with Crippen molar-refractivity contribution in [3.05, 3.63) is 30.1 Å². The van der Waals surface area contributed by atoms with E-state index >= 15 is 0 Å². The Labute approximate surface area is 132 Å². The predicted octanol–water partition coefficient (Wildman–Crippen LogP) is 0.618. The second-order valence-electron chi connectivity index (χ2n) is 5.12. The number of thioether (sulfide) groups is 1. The fourth-order valence-electron chi connectivity index (χ4n) is 2.48. The van der Waals surface area contributed by atoms with Gasteiger partial charge < -0.3 is 0 Å². The molecule has 8 heteroatoms. The van der Waals surface area contributed by atoms with E-state index in [1.165, 1.54) is 23.7 Å². The summed E-state index contributed by atoms with van der Waals surface area (Å²) >= 11 is 1.52. The molecule has 0 saturated carbocycles. The Morgan fingerprint density at radius 1 is 1.32 bits per heavy atom. The summed E-state index contributed by atoms with van der Waals surface area (Å²) < 4.78 is 1.81. The van der Waals surface area contributed by atoms with Crippen LogP contribution in [0.1, 0.15) is 5.56 Å². The standard InChI is InChI=1S/C14H16N5O2S/c1-17-11-10(12(20)19(3)14(21)18(11)2)16-13(17)22-8-9-5-4-6-15-7-9/h4-7,10H,8H2,1-3H3/q+1. The third-order valence-electron chi connectivity index (χ3n) is 3.69. The van der Waals surface area contributed by atoms with E-state index in [1.807, 2.05) is 23.8 Å². The number of aromatic nitrogens is 1. The van der Waals surface area contributed by atoms with Crippen LogP contribution in [0.4, 0.5) is 4.79 Å². The van der Waals surface area contributed by atoms with E-state index in [9.17, 15) is 9.59 Å². The molecule has 0 N–H and O–H groups in total. The normalized spacial score (nSPS) is 21.4. The number of pyridine rings is 1. The molecule has 0 aromatic carbocycles. The maximum atomic E-state index is 12.2. The fourth-order valence-corrected chi connectivity index (χ4v) is 3.41. The summed E-state index contributed by atoms with van der Waals surface area (Å²) in [5, 5.41) is 0.729. The highest BCUT2D eigenvalue weighted by Crippen LogP contribution is 2.23. The highest BCUT2D eigenvalue weighted by atomic mass is 32.2. The average Bonchev–Trinajstić information content (AvgIpc) is 2.87. The molecule has 2 aliphatic rings. The van der Waals surface area contributed by atoms with Crippen molar-refractivity contribution in [2.75, 3.05) is 21.1 Å². The minimum Gasteiger partial charge on any atom is -0.269 e. The quantitative estimate of drug-likeness (QED) is 0.750. The molecule has 3 amide bonds. The third-order valence-corrected chi connectivity index (χ3v) is 4.80. The van der Waals surface area contributed by atoms with Crippen molar-refractivity contribution in [3.8, 4) is 0 Å². The lowest BCUT2D eigenvalue weighted by molar-refractivity contribution is -0.367. The molecule has 2 aliphatic heterocycles. The van der Waals surface area contributed by atoms with E-state index in [-0.39, 0.29) is 11.9 Å². The molecule has 1 aromatic heterocycles. The van der Waals surface area contributed by atoms with Crippen LogP contribution in [0.25, 0.3) is 0 Å². The van der Waals surface area contributed by atoms with Gasteiger partial charge in [-0.2, -0.15) is 0 Å². The Morgan fingerprint density at radius 3 is 2.77 bits per heavy atom. The zero-order valence-electron chi connectivity index (χ0n) is 12.6. The van der Waals surface area contributed by atoms with Crippen molar-refractivity contribution in [2.24, 2.45) is 4.99 Å². The first-order chi connectivity index (χ1) is 10.5. The highest BCUT2D eigenvalue weighted by molar-refractivity contribution is 8.12. The lowest BCUT2D eigenvalue weighted by Gasteiger charge is -2.27. The molecule has 0 aliphatic carbocycles. The van der Waals surface area contributed by atoms with Gasteiger partial charge in [-0.3, -0.25) is 14.7 Å². The van der Waals surface area contributed by atoms with Crippen LogP contribution in [0.5, 0.6) is 0 Å². The predicted molar refractivity (Wildman–Crippen MR) is 83.9 cm³/mol. The fraction of sp³-hybridized carbons (Fsp3) is 0.357. The van der Waals surface area contributed by atoms with Gasteiger partial charge in [0.15, 0.2) is 0 Å². The van der Waals surface area contributed by atoms with Crippen molar-refractivity contribution >= 4 is 34.7 Å². The smallest absolute Gasteiger partial charge is 0.269 e. The van der Waals surface area contributed by atoms with Gasteiger partial charge in [-0.05, 0) is 23.4 Å². The van der Waals surface area contributed by atoms with Gasteiger partial charge in [0.1, 0.15) is 0 Å². The number of amidine groups is 2. The van der Waals surface area contributed by atoms with Gasteiger partial charge in [-0.1, -0.05) is 6.07 Å². The van der Waals surface area contributed by atoms with Crippen LogP contribution in [0.2, 0.25) is 0 Å². The number of fused-ring (bicyclic) bond motifs is 1. The van der Waals surface area contributed by atoms with E-state index < -0.39 is 6.04 Å². The number of likely N-dealkylation sites (N-methyl/N-ethyl adjacent to an activating group) is 2. The summed E-state index contributed by atoms with van der Waals surface area (Å²) in [5.74, 6) is 1.03. The van der Waals surface area contributed by atoms with Crippen LogP contribution in [0.3, 0.4) is 0 Å². The van der Waals surface area contributed by atoms with Crippen molar-refractivity contribution < 1.29 is 14.2 Å². The SMILES string of the molecule is CN1C(=O)C2N=C(SCc3cccnc3)[N+](C)=C2N(C)C1=O. The molecule has 1 atom stereocenters. The van der Waals surface area contributed by atoms with Crippen LogP contribution in [-0.4, -0.2) is 69.5 Å². The maximum absolute atomic E-state index is 12.2. The molecule has 7 nitrogen and oxygen atoms in total. The Balaban J connectivity index is 1.84. The molecule has 1 fully saturated rings. The van der Waals surface area contributed by atoms with Crippen LogP contribution in [-0.2, 0) is 10.5 Å². The van der Waals surface area contributed by atoms with Gasteiger partial charge in [-0.25, -0.2) is 14.3 Å². The number of urea groups is 1. The lowest BCUT2D eigenvalue weighted by atomic mass is 10.2. The second kappa shape index (κ2) is 5.53. The minimum atomic E-state index is -0.630. The van der Waals surface area contributed by atoms with Gasteiger partial charge in [0.25, 0.3) is 23.0 Å². The van der Waals surface area contributed by atoms with Crippen molar-refractivity contribution in [1.29, 1.82) is 0 Å². The van der Waals surface area contributed by atoms with Crippen LogP contribution in [0, 0.1) is 0 Å². The van der Waals surface area contributed by atoms with Gasteiger partial charge in [0, 0.05) is 25.2 Å². The molecule has 114 valence electrons. The van der Waals surface area contributed by atoms with Gasteiger partial charge >= 0.3 is 6.03 Å². The highest BCUT2D eigenvalue weighted by Gasteiger charge is 2.51. The van der Waals surface area contributed by atoms with Crippen LogP contribution < -0.4 is 0 Å². The van der Waals surface area contributed by atoms with E-state index in [0.717, 1.165) is 15.6 Å². The molecular formula is C14H16N5O2S+. The van der Waals surface area contributed by atoms with E-state index in [1.54, 1.807) is 19.4 Å². The number of hydrogen-bond donors (Lipinski definition) is 0. The number of amides is 3.